The molecular weight excluding hydrogens is 234 g/mol. The van der Waals surface area contributed by atoms with Crippen LogP contribution in [0.1, 0.15) is 26.2 Å². The van der Waals surface area contributed by atoms with Crippen molar-refractivity contribution in [3.63, 3.8) is 0 Å². The van der Waals surface area contributed by atoms with Gasteiger partial charge in [0.05, 0.1) is 5.52 Å². The molecule has 0 aromatic carbocycles. The average Bonchev–Trinajstić information content (AvgIpc) is 2.71. The molecule has 2 aromatic heterocycles. The zero-order valence-corrected chi connectivity index (χ0v) is 10.6. The fourth-order valence-corrected chi connectivity index (χ4v) is 2.56. The van der Waals surface area contributed by atoms with Gasteiger partial charge in [-0.1, -0.05) is 0 Å². The van der Waals surface area contributed by atoms with Gasteiger partial charge in [-0.05, 0) is 37.6 Å². The molecule has 3 rings (SSSR count). The zero-order chi connectivity index (χ0) is 11.7. The molecule has 2 aromatic rings. The second kappa shape index (κ2) is 4.49. The second-order valence-electron chi connectivity index (χ2n) is 4.19. The van der Waals surface area contributed by atoms with Gasteiger partial charge in [0.2, 0.25) is 11.8 Å². The first-order valence-electron chi connectivity index (χ1n) is 6.02. The Hall–Kier alpha value is -1.36. The van der Waals surface area contributed by atoms with E-state index in [1.54, 1.807) is 11.3 Å². The topological polar surface area (TPSA) is 47.0 Å². The van der Waals surface area contributed by atoms with Gasteiger partial charge >= 0.3 is 0 Å². The summed E-state index contributed by atoms with van der Waals surface area (Å²) in [6.07, 6.45) is 3.91. The molecule has 0 amide bonds. The molecule has 5 heteroatoms. The van der Waals surface area contributed by atoms with Crippen LogP contribution in [-0.2, 0) is 0 Å². The lowest BCUT2D eigenvalue weighted by atomic mass is 9.96. The molecule has 90 valence electrons. The Bertz CT molecular complexity index is 521. The van der Waals surface area contributed by atoms with Crippen LogP contribution in [0, 0.1) is 0 Å². The number of thiophene rings is 1. The molecule has 0 bridgehead atoms. The summed E-state index contributed by atoms with van der Waals surface area (Å²) < 4.78 is 6.98. The molecule has 2 heterocycles. The summed E-state index contributed by atoms with van der Waals surface area (Å²) in [7, 11) is 0. The number of fused-ring (bicyclic) bond motifs is 1. The summed E-state index contributed by atoms with van der Waals surface area (Å²) in [5.74, 6) is 1.40. The van der Waals surface area contributed by atoms with Gasteiger partial charge in [-0.2, -0.15) is 4.98 Å². The molecule has 0 aliphatic heterocycles. The van der Waals surface area contributed by atoms with Gasteiger partial charge in [-0.25, -0.2) is 4.98 Å². The van der Waals surface area contributed by atoms with E-state index in [1.165, 1.54) is 6.42 Å². The van der Waals surface area contributed by atoms with Crippen LogP contribution in [-0.4, -0.2) is 22.6 Å². The molecule has 0 atom stereocenters. The molecular formula is C12H15N3OS. The Kier molecular flexibility index (Phi) is 2.84. The predicted molar refractivity (Wildman–Crippen MR) is 69.8 cm³/mol. The molecule has 1 aliphatic carbocycles. The molecule has 1 fully saturated rings. The maximum Gasteiger partial charge on any atom is 0.236 e. The van der Waals surface area contributed by atoms with Crippen molar-refractivity contribution in [2.45, 2.75) is 32.3 Å². The highest BCUT2D eigenvalue weighted by molar-refractivity contribution is 7.17. The maximum atomic E-state index is 5.93. The fraction of sp³-hybridized carbons (Fsp3) is 0.500. The monoisotopic (exact) mass is 249 g/mol. The quantitative estimate of drug-likeness (QED) is 0.904. The lowest BCUT2D eigenvalue weighted by molar-refractivity contribution is 0.117. The summed E-state index contributed by atoms with van der Waals surface area (Å²) in [5.41, 5.74) is 0.968. The van der Waals surface area contributed by atoms with E-state index in [4.69, 9.17) is 4.74 Å². The Balaban J connectivity index is 1.96. The van der Waals surface area contributed by atoms with Crippen LogP contribution >= 0.6 is 11.3 Å². The van der Waals surface area contributed by atoms with E-state index in [0.717, 1.165) is 35.5 Å². The summed E-state index contributed by atoms with van der Waals surface area (Å²) in [5, 5.41) is 5.17. The van der Waals surface area contributed by atoms with Crippen LogP contribution in [0.4, 0.5) is 5.95 Å². The highest BCUT2D eigenvalue weighted by Gasteiger charge is 2.21. The molecule has 0 spiro atoms. The van der Waals surface area contributed by atoms with E-state index in [-0.39, 0.29) is 0 Å². The van der Waals surface area contributed by atoms with Crippen LogP contribution in [0.5, 0.6) is 5.88 Å². The molecule has 0 radical (unpaired) electrons. The SMILES string of the molecule is CCNc1nc(OC2CCC2)c2sccc2n1. The number of nitrogens with one attached hydrogen (secondary N) is 1. The van der Waals surface area contributed by atoms with Crippen molar-refractivity contribution >= 4 is 27.5 Å². The molecule has 4 nitrogen and oxygen atoms in total. The Labute approximate surface area is 104 Å². The maximum absolute atomic E-state index is 5.93. The summed E-state index contributed by atoms with van der Waals surface area (Å²) >= 11 is 1.64. The van der Waals surface area contributed by atoms with Crippen LogP contribution in [0.25, 0.3) is 10.2 Å². The first-order chi connectivity index (χ1) is 8.36. The fourth-order valence-electron chi connectivity index (χ4n) is 1.80. The Morgan fingerprint density at radius 1 is 1.47 bits per heavy atom. The third-order valence-electron chi connectivity index (χ3n) is 2.94. The third kappa shape index (κ3) is 2.07. The van der Waals surface area contributed by atoms with Crippen molar-refractivity contribution in [2.75, 3.05) is 11.9 Å². The highest BCUT2D eigenvalue weighted by Crippen LogP contribution is 2.32. The van der Waals surface area contributed by atoms with Crippen LogP contribution < -0.4 is 10.1 Å². The van der Waals surface area contributed by atoms with Gasteiger partial charge in [-0.15, -0.1) is 11.3 Å². The highest BCUT2D eigenvalue weighted by atomic mass is 32.1. The van der Waals surface area contributed by atoms with E-state index in [9.17, 15) is 0 Å². The van der Waals surface area contributed by atoms with Gasteiger partial charge in [0.25, 0.3) is 0 Å². The minimum Gasteiger partial charge on any atom is -0.473 e. The Morgan fingerprint density at radius 2 is 2.35 bits per heavy atom. The average molecular weight is 249 g/mol. The van der Waals surface area contributed by atoms with Crippen molar-refractivity contribution in [1.82, 2.24) is 9.97 Å². The molecule has 1 aliphatic rings. The van der Waals surface area contributed by atoms with E-state index >= 15 is 0 Å². The van der Waals surface area contributed by atoms with Crippen LogP contribution in [0.2, 0.25) is 0 Å². The van der Waals surface area contributed by atoms with Crippen LogP contribution in [0.3, 0.4) is 0 Å². The molecule has 0 unspecified atom stereocenters. The van der Waals surface area contributed by atoms with Gasteiger partial charge < -0.3 is 10.1 Å². The van der Waals surface area contributed by atoms with Crippen LogP contribution in [0.15, 0.2) is 11.4 Å². The molecule has 1 N–H and O–H groups in total. The number of hydrogen-bond donors (Lipinski definition) is 1. The number of ether oxygens (including phenoxy) is 1. The number of nitrogens with zero attached hydrogens (tertiary/aromatic N) is 2. The predicted octanol–water partition coefficient (Wildman–Crippen LogP) is 3.05. The van der Waals surface area contributed by atoms with Crippen molar-refractivity contribution in [2.24, 2.45) is 0 Å². The summed E-state index contributed by atoms with van der Waals surface area (Å²) in [4.78, 5) is 8.90. The van der Waals surface area contributed by atoms with Gasteiger partial charge in [0, 0.05) is 6.54 Å². The minimum absolute atomic E-state index is 0.352. The largest absolute Gasteiger partial charge is 0.473 e. The van der Waals surface area contributed by atoms with Gasteiger partial charge in [0.1, 0.15) is 10.8 Å². The van der Waals surface area contributed by atoms with Crippen molar-refractivity contribution in [3.8, 4) is 5.88 Å². The Morgan fingerprint density at radius 3 is 3.06 bits per heavy atom. The van der Waals surface area contributed by atoms with Gasteiger partial charge in [-0.3, -0.25) is 0 Å². The second-order valence-corrected chi connectivity index (χ2v) is 5.10. The normalized spacial score (nSPS) is 15.8. The number of hydrogen-bond acceptors (Lipinski definition) is 5. The van der Waals surface area contributed by atoms with Crippen molar-refractivity contribution < 1.29 is 4.74 Å². The smallest absolute Gasteiger partial charge is 0.236 e. The van der Waals surface area contributed by atoms with Crippen molar-refractivity contribution in [1.29, 1.82) is 0 Å². The zero-order valence-electron chi connectivity index (χ0n) is 9.77. The first kappa shape index (κ1) is 10.8. The van der Waals surface area contributed by atoms with E-state index < -0.39 is 0 Å². The summed E-state index contributed by atoms with van der Waals surface area (Å²) in [6.45, 7) is 2.85. The molecule has 0 saturated heterocycles. The summed E-state index contributed by atoms with van der Waals surface area (Å²) in [6, 6.07) is 2.01. The number of aromatic nitrogens is 2. The lowest BCUT2D eigenvalue weighted by Crippen LogP contribution is -2.25. The van der Waals surface area contributed by atoms with E-state index in [0.29, 0.717) is 12.1 Å². The third-order valence-corrected chi connectivity index (χ3v) is 3.83. The lowest BCUT2D eigenvalue weighted by Gasteiger charge is -2.25. The van der Waals surface area contributed by atoms with Gasteiger partial charge in [0.15, 0.2) is 0 Å². The number of rotatable bonds is 4. The first-order valence-corrected chi connectivity index (χ1v) is 6.90. The minimum atomic E-state index is 0.352. The number of anilines is 1. The van der Waals surface area contributed by atoms with E-state index in [2.05, 4.69) is 15.3 Å². The molecule has 1 saturated carbocycles. The standard InChI is InChI=1S/C12H15N3OS/c1-2-13-12-14-9-6-7-17-10(9)11(15-12)16-8-4-3-5-8/h6-8H,2-5H2,1H3,(H,13,14,15). The van der Waals surface area contributed by atoms with Crippen molar-refractivity contribution in [3.05, 3.63) is 11.4 Å². The molecule has 17 heavy (non-hydrogen) atoms. The van der Waals surface area contributed by atoms with E-state index in [1.807, 2.05) is 18.4 Å².